The normalized spacial score (nSPS) is 24.7. The summed E-state index contributed by atoms with van der Waals surface area (Å²) in [7, 11) is 0. The van der Waals surface area contributed by atoms with Gasteiger partial charge in [0.1, 0.15) is 5.82 Å². The molecule has 2 heteroatoms. The van der Waals surface area contributed by atoms with Gasteiger partial charge in [0.2, 0.25) is 0 Å². The van der Waals surface area contributed by atoms with Crippen LogP contribution in [0, 0.1) is 17.7 Å². The van der Waals surface area contributed by atoms with Gasteiger partial charge in [0.05, 0.1) is 4.87 Å². The first-order valence-electron chi connectivity index (χ1n) is 13.5. The highest BCUT2D eigenvalue weighted by molar-refractivity contribution is 6.25. The SMILES string of the molecule is CCCCc1ccc(CCC2CCC(CCC3(Cl)C=CC(c4ccccc4F)=CC3)CC2)cc1. The molecule has 2 aliphatic rings. The number of aryl methyl sites for hydroxylation is 2. The molecule has 0 saturated heterocycles. The highest BCUT2D eigenvalue weighted by atomic mass is 35.5. The molecule has 0 heterocycles. The van der Waals surface area contributed by atoms with Gasteiger partial charge in [-0.25, -0.2) is 4.39 Å². The fraction of sp³-hybridized carbons (Fsp3) is 0.500. The summed E-state index contributed by atoms with van der Waals surface area (Å²) in [6, 6.07) is 16.3. The maximum Gasteiger partial charge on any atom is 0.131 e. The van der Waals surface area contributed by atoms with Gasteiger partial charge in [-0.15, -0.1) is 11.6 Å². The Bertz CT molecular complexity index is 965. The molecule has 2 aromatic rings. The van der Waals surface area contributed by atoms with E-state index in [1.54, 1.807) is 6.07 Å². The molecule has 0 amide bonds. The van der Waals surface area contributed by atoms with Crippen molar-refractivity contribution >= 4 is 17.2 Å². The van der Waals surface area contributed by atoms with Gasteiger partial charge < -0.3 is 0 Å². The lowest BCUT2D eigenvalue weighted by Crippen LogP contribution is -2.23. The highest BCUT2D eigenvalue weighted by Crippen LogP contribution is 2.40. The molecule has 0 nitrogen and oxygen atoms in total. The minimum atomic E-state index is -0.311. The van der Waals surface area contributed by atoms with Crippen LogP contribution in [0.3, 0.4) is 0 Å². The molecule has 1 fully saturated rings. The quantitative estimate of drug-likeness (QED) is 0.298. The van der Waals surface area contributed by atoms with E-state index in [0.29, 0.717) is 5.56 Å². The summed E-state index contributed by atoms with van der Waals surface area (Å²) in [6.07, 6.45) is 20.9. The average molecular weight is 479 g/mol. The molecule has 1 atom stereocenters. The van der Waals surface area contributed by atoms with Gasteiger partial charge in [-0.1, -0.05) is 99.7 Å². The van der Waals surface area contributed by atoms with Crippen molar-refractivity contribution in [3.05, 3.63) is 89.3 Å². The lowest BCUT2D eigenvalue weighted by atomic mass is 9.76. The van der Waals surface area contributed by atoms with Crippen LogP contribution in [0.15, 0.2) is 66.8 Å². The van der Waals surface area contributed by atoms with Crippen LogP contribution in [-0.2, 0) is 12.8 Å². The first-order chi connectivity index (χ1) is 16.5. The number of unbranched alkanes of at least 4 members (excludes halogenated alkanes) is 1. The summed E-state index contributed by atoms with van der Waals surface area (Å²) in [5.41, 5.74) is 4.60. The van der Waals surface area contributed by atoms with Gasteiger partial charge in [0, 0.05) is 5.56 Å². The number of rotatable bonds is 10. The topological polar surface area (TPSA) is 0 Å². The molecule has 0 aliphatic heterocycles. The monoisotopic (exact) mass is 478 g/mol. The molecular weight excluding hydrogens is 439 g/mol. The minimum absolute atomic E-state index is 0.166. The molecular formula is C32H40ClF. The predicted molar refractivity (Wildman–Crippen MR) is 145 cm³/mol. The summed E-state index contributed by atoms with van der Waals surface area (Å²) in [4.78, 5) is -0.311. The zero-order chi connectivity index (χ0) is 23.8. The van der Waals surface area contributed by atoms with Crippen molar-refractivity contribution in [2.24, 2.45) is 11.8 Å². The van der Waals surface area contributed by atoms with E-state index in [9.17, 15) is 4.39 Å². The van der Waals surface area contributed by atoms with Crippen molar-refractivity contribution in [1.82, 2.24) is 0 Å². The molecule has 1 saturated carbocycles. The van der Waals surface area contributed by atoms with Crippen LogP contribution < -0.4 is 0 Å². The van der Waals surface area contributed by atoms with E-state index in [0.717, 1.165) is 30.3 Å². The van der Waals surface area contributed by atoms with Crippen molar-refractivity contribution in [2.75, 3.05) is 0 Å². The van der Waals surface area contributed by atoms with Crippen LogP contribution in [0.5, 0.6) is 0 Å². The Labute approximate surface area is 211 Å². The summed E-state index contributed by atoms with van der Waals surface area (Å²) in [6.45, 7) is 2.26. The molecule has 0 radical (unpaired) electrons. The van der Waals surface area contributed by atoms with E-state index in [4.69, 9.17) is 11.6 Å². The van der Waals surface area contributed by atoms with Crippen LogP contribution in [0.4, 0.5) is 4.39 Å². The van der Waals surface area contributed by atoms with E-state index in [1.165, 1.54) is 81.4 Å². The van der Waals surface area contributed by atoms with Crippen LogP contribution in [0.2, 0.25) is 0 Å². The Morgan fingerprint density at radius 2 is 1.53 bits per heavy atom. The number of allylic oxidation sites excluding steroid dienone is 4. The number of benzene rings is 2. The lowest BCUT2D eigenvalue weighted by Gasteiger charge is -2.32. The van der Waals surface area contributed by atoms with E-state index in [-0.39, 0.29) is 10.7 Å². The highest BCUT2D eigenvalue weighted by Gasteiger charge is 2.29. The van der Waals surface area contributed by atoms with E-state index in [1.807, 2.05) is 18.2 Å². The van der Waals surface area contributed by atoms with Crippen molar-refractivity contribution < 1.29 is 4.39 Å². The number of hydrogen-bond donors (Lipinski definition) is 0. The smallest absolute Gasteiger partial charge is 0.131 e. The average Bonchev–Trinajstić information content (AvgIpc) is 2.87. The van der Waals surface area contributed by atoms with E-state index in [2.05, 4.69) is 43.3 Å². The summed E-state index contributed by atoms with van der Waals surface area (Å²) in [5.74, 6) is 1.51. The minimum Gasteiger partial charge on any atom is -0.206 e. The van der Waals surface area contributed by atoms with Crippen LogP contribution in [-0.4, -0.2) is 4.87 Å². The second-order valence-electron chi connectivity index (χ2n) is 10.6. The molecule has 182 valence electrons. The summed E-state index contributed by atoms with van der Waals surface area (Å²) >= 11 is 6.95. The molecule has 0 N–H and O–H groups in total. The Morgan fingerprint density at radius 3 is 2.15 bits per heavy atom. The number of alkyl halides is 1. The van der Waals surface area contributed by atoms with Crippen molar-refractivity contribution in [3.8, 4) is 0 Å². The van der Waals surface area contributed by atoms with E-state index < -0.39 is 0 Å². The van der Waals surface area contributed by atoms with Gasteiger partial charge in [0.25, 0.3) is 0 Å². The van der Waals surface area contributed by atoms with Crippen molar-refractivity contribution in [2.45, 2.75) is 88.8 Å². The Balaban J connectivity index is 1.16. The maximum absolute atomic E-state index is 14.1. The van der Waals surface area contributed by atoms with Crippen LogP contribution in [0.25, 0.3) is 5.57 Å². The molecule has 0 aromatic heterocycles. The molecule has 4 rings (SSSR count). The number of hydrogen-bond acceptors (Lipinski definition) is 0. The molecule has 34 heavy (non-hydrogen) atoms. The zero-order valence-corrected chi connectivity index (χ0v) is 21.5. The third-order valence-corrected chi connectivity index (χ3v) is 8.49. The molecule has 0 spiro atoms. The standard InChI is InChI=1S/C32H40ClF/c1-2-3-6-25-9-11-26(12-10-25)13-14-27-15-17-28(18-16-27)19-22-32(33)23-20-29(21-24-32)30-7-4-5-8-31(30)34/h4-5,7-12,20-21,23,27-28H,2-3,6,13-19,22,24H2,1H3. The Hall–Kier alpha value is -1.86. The van der Waals surface area contributed by atoms with Crippen molar-refractivity contribution in [3.63, 3.8) is 0 Å². The molecule has 2 aliphatic carbocycles. The van der Waals surface area contributed by atoms with Gasteiger partial charge in [-0.3, -0.25) is 0 Å². The summed E-state index contributed by atoms with van der Waals surface area (Å²) in [5, 5.41) is 0. The second kappa shape index (κ2) is 12.2. The van der Waals surface area contributed by atoms with Gasteiger partial charge in [0.15, 0.2) is 0 Å². The predicted octanol–water partition coefficient (Wildman–Crippen LogP) is 9.71. The van der Waals surface area contributed by atoms with E-state index >= 15 is 0 Å². The third kappa shape index (κ3) is 7.08. The Kier molecular flexibility index (Phi) is 9.06. The van der Waals surface area contributed by atoms with Gasteiger partial charge in [-0.05, 0) is 79.5 Å². The molecule has 2 aromatic carbocycles. The van der Waals surface area contributed by atoms with Gasteiger partial charge in [-0.2, -0.15) is 0 Å². The fourth-order valence-electron chi connectivity index (χ4n) is 5.61. The largest absolute Gasteiger partial charge is 0.206 e. The fourth-order valence-corrected chi connectivity index (χ4v) is 5.86. The zero-order valence-electron chi connectivity index (χ0n) is 20.7. The Morgan fingerprint density at radius 1 is 0.882 bits per heavy atom. The van der Waals surface area contributed by atoms with Crippen LogP contribution >= 0.6 is 11.6 Å². The first-order valence-corrected chi connectivity index (χ1v) is 13.8. The lowest BCUT2D eigenvalue weighted by molar-refractivity contribution is 0.246. The van der Waals surface area contributed by atoms with Gasteiger partial charge >= 0.3 is 0 Å². The summed E-state index contributed by atoms with van der Waals surface area (Å²) < 4.78 is 14.1. The maximum atomic E-state index is 14.1. The molecule has 0 bridgehead atoms. The first kappa shape index (κ1) is 25.2. The number of halogens is 2. The third-order valence-electron chi connectivity index (χ3n) is 8.03. The van der Waals surface area contributed by atoms with Crippen molar-refractivity contribution in [1.29, 1.82) is 0 Å². The van der Waals surface area contributed by atoms with Crippen LogP contribution in [0.1, 0.15) is 87.8 Å². The molecule has 1 unspecified atom stereocenters. The second-order valence-corrected chi connectivity index (χ2v) is 11.3.